The second kappa shape index (κ2) is 4.26. The topological polar surface area (TPSA) is 12.0 Å². The molecule has 0 spiro atoms. The standard InChI is InChI=1S/C13H18BrN/c1-8-4-11-5-10(3)15-7-9(2)12(11)6-13(8)14/h4,6,9-10,15H,5,7H2,1-3H3. The molecule has 0 saturated carbocycles. The number of hydrogen-bond acceptors (Lipinski definition) is 1. The summed E-state index contributed by atoms with van der Waals surface area (Å²) in [5.41, 5.74) is 4.36. The van der Waals surface area contributed by atoms with Crippen LogP contribution in [0.15, 0.2) is 16.6 Å². The van der Waals surface area contributed by atoms with E-state index in [4.69, 9.17) is 0 Å². The van der Waals surface area contributed by atoms with Crippen LogP contribution < -0.4 is 5.32 Å². The quantitative estimate of drug-likeness (QED) is 0.760. The SMILES string of the molecule is Cc1cc2c(cc1Br)C(C)CNC(C)C2. The van der Waals surface area contributed by atoms with Crippen molar-refractivity contribution in [3.05, 3.63) is 33.3 Å². The first-order chi connectivity index (χ1) is 7.08. The number of benzene rings is 1. The number of rotatable bonds is 0. The third kappa shape index (κ3) is 2.26. The van der Waals surface area contributed by atoms with Crippen molar-refractivity contribution in [2.45, 2.75) is 39.2 Å². The number of nitrogens with one attached hydrogen (secondary N) is 1. The first kappa shape index (κ1) is 11.2. The fourth-order valence-electron chi connectivity index (χ4n) is 2.28. The minimum Gasteiger partial charge on any atom is -0.313 e. The zero-order valence-corrected chi connectivity index (χ0v) is 11.2. The fraction of sp³-hybridized carbons (Fsp3) is 0.538. The second-order valence-corrected chi connectivity index (χ2v) is 5.57. The van der Waals surface area contributed by atoms with Gasteiger partial charge in [0.05, 0.1) is 0 Å². The molecule has 2 rings (SSSR count). The molecule has 1 aliphatic heterocycles. The van der Waals surface area contributed by atoms with Crippen LogP contribution in [0.4, 0.5) is 0 Å². The summed E-state index contributed by atoms with van der Waals surface area (Å²) in [5.74, 6) is 0.613. The van der Waals surface area contributed by atoms with E-state index in [1.54, 1.807) is 0 Å². The summed E-state index contributed by atoms with van der Waals surface area (Å²) in [6.45, 7) is 7.81. The van der Waals surface area contributed by atoms with E-state index in [-0.39, 0.29) is 0 Å². The Labute approximate surface area is 100 Å². The largest absolute Gasteiger partial charge is 0.313 e. The van der Waals surface area contributed by atoms with E-state index in [0.717, 1.165) is 13.0 Å². The zero-order valence-electron chi connectivity index (χ0n) is 9.60. The average Bonchev–Trinajstić information content (AvgIpc) is 2.30. The lowest BCUT2D eigenvalue weighted by atomic mass is 9.93. The smallest absolute Gasteiger partial charge is 0.0207 e. The molecule has 0 fully saturated rings. The van der Waals surface area contributed by atoms with Gasteiger partial charge in [0.1, 0.15) is 0 Å². The Morgan fingerprint density at radius 3 is 2.80 bits per heavy atom. The predicted octanol–water partition coefficient (Wildman–Crippen LogP) is 3.40. The Bertz CT molecular complexity index is 373. The van der Waals surface area contributed by atoms with Gasteiger partial charge in [-0.15, -0.1) is 0 Å². The van der Waals surface area contributed by atoms with E-state index in [1.165, 1.54) is 21.2 Å². The molecule has 1 aromatic carbocycles. The zero-order chi connectivity index (χ0) is 11.0. The molecule has 1 N–H and O–H groups in total. The molecule has 1 nitrogen and oxygen atoms in total. The van der Waals surface area contributed by atoms with E-state index in [2.05, 4.69) is 54.2 Å². The first-order valence-electron chi connectivity index (χ1n) is 5.60. The van der Waals surface area contributed by atoms with Gasteiger partial charge >= 0.3 is 0 Å². The van der Waals surface area contributed by atoms with Crippen molar-refractivity contribution >= 4 is 15.9 Å². The van der Waals surface area contributed by atoms with Gasteiger partial charge in [-0.1, -0.05) is 28.9 Å². The molecular weight excluding hydrogens is 250 g/mol. The number of fused-ring (bicyclic) bond motifs is 1. The van der Waals surface area contributed by atoms with E-state index in [9.17, 15) is 0 Å². The van der Waals surface area contributed by atoms with E-state index < -0.39 is 0 Å². The van der Waals surface area contributed by atoms with E-state index in [1.807, 2.05) is 0 Å². The Morgan fingerprint density at radius 1 is 1.33 bits per heavy atom. The van der Waals surface area contributed by atoms with Crippen molar-refractivity contribution in [3.8, 4) is 0 Å². The highest BCUT2D eigenvalue weighted by molar-refractivity contribution is 9.10. The summed E-state index contributed by atoms with van der Waals surface area (Å²) in [6.07, 6.45) is 1.15. The van der Waals surface area contributed by atoms with Crippen molar-refractivity contribution in [2.75, 3.05) is 6.54 Å². The van der Waals surface area contributed by atoms with Gasteiger partial charge < -0.3 is 5.32 Å². The molecule has 1 heterocycles. The van der Waals surface area contributed by atoms with Crippen LogP contribution in [0, 0.1) is 6.92 Å². The maximum absolute atomic E-state index is 3.62. The molecule has 82 valence electrons. The van der Waals surface area contributed by atoms with E-state index >= 15 is 0 Å². The Balaban J connectivity index is 2.48. The van der Waals surface area contributed by atoms with Crippen LogP contribution in [0.25, 0.3) is 0 Å². The molecule has 15 heavy (non-hydrogen) atoms. The van der Waals surface area contributed by atoms with Gasteiger partial charge in [-0.2, -0.15) is 0 Å². The number of hydrogen-bond donors (Lipinski definition) is 1. The third-order valence-electron chi connectivity index (χ3n) is 3.25. The van der Waals surface area contributed by atoms with Crippen LogP contribution in [-0.4, -0.2) is 12.6 Å². The Hall–Kier alpha value is -0.340. The van der Waals surface area contributed by atoms with Crippen LogP contribution in [-0.2, 0) is 6.42 Å². The van der Waals surface area contributed by atoms with Gasteiger partial charge in [0.15, 0.2) is 0 Å². The Morgan fingerprint density at radius 2 is 2.07 bits per heavy atom. The van der Waals surface area contributed by atoms with E-state index in [0.29, 0.717) is 12.0 Å². The van der Waals surface area contributed by atoms with Crippen molar-refractivity contribution in [1.82, 2.24) is 5.32 Å². The molecule has 0 aliphatic carbocycles. The maximum Gasteiger partial charge on any atom is 0.0207 e. The van der Waals surface area contributed by atoms with Crippen molar-refractivity contribution in [3.63, 3.8) is 0 Å². The second-order valence-electron chi connectivity index (χ2n) is 4.71. The molecule has 2 heteroatoms. The third-order valence-corrected chi connectivity index (χ3v) is 4.10. The molecule has 0 aromatic heterocycles. The van der Waals surface area contributed by atoms with Crippen LogP contribution in [0.5, 0.6) is 0 Å². The van der Waals surface area contributed by atoms with Gasteiger partial charge in [-0.3, -0.25) is 0 Å². The van der Waals surface area contributed by atoms with Crippen LogP contribution in [0.3, 0.4) is 0 Å². The molecule has 0 saturated heterocycles. The summed E-state index contributed by atoms with van der Waals surface area (Å²) < 4.78 is 1.24. The average molecular weight is 268 g/mol. The lowest BCUT2D eigenvalue weighted by Crippen LogP contribution is -2.28. The minimum atomic E-state index is 0.592. The molecular formula is C13H18BrN. The van der Waals surface area contributed by atoms with Gasteiger partial charge in [-0.05, 0) is 48.9 Å². The van der Waals surface area contributed by atoms with Crippen LogP contribution in [0.1, 0.15) is 36.5 Å². The molecule has 1 aliphatic rings. The maximum atomic E-state index is 3.62. The van der Waals surface area contributed by atoms with Crippen molar-refractivity contribution in [1.29, 1.82) is 0 Å². The fourth-order valence-corrected chi connectivity index (χ4v) is 2.64. The van der Waals surface area contributed by atoms with Crippen molar-refractivity contribution < 1.29 is 0 Å². The number of halogens is 1. The molecule has 0 radical (unpaired) electrons. The number of aryl methyl sites for hydroxylation is 1. The Kier molecular flexibility index (Phi) is 3.17. The molecule has 2 atom stereocenters. The van der Waals surface area contributed by atoms with Gasteiger partial charge in [0.25, 0.3) is 0 Å². The van der Waals surface area contributed by atoms with Crippen molar-refractivity contribution in [2.24, 2.45) is 0 Å². The predicted molar refractivity (Wildman–Crippen MR) is 68.5 cm³/mol. The van der Waals surface area contributed by atoms with Gasteiger partial charge in [-0.25, -0.2) is 0 Å². The highest BCUT2D eigenvalue weighted by Gasteiger charge is 2.18. The summed E-state index contributed by atoms with van der Waals surface area (Å²) in [4.78, 5) is 0. The van der Waals surface area contributed by atoms with Crippen LogP contribution in [0.2, 0.25) is 0 Å². The van der Waals surface area contributed by atoms with Gasteiger partial charge in [0, 0.05) is 17.1 Å². The lowest BCUT2D eigenvalue weighted by Gasteiger charge is -2.14. The normalized spacial score (nSPS) is 25.9. The summed E-state index contributed by atoms with van der Waals surface area (Å²) in [6, 6.07) is 5.23. The summed E-state index contributed by atoms with van der Waals surface area (Å²) >= 11 is 3.62. The molecule has 1 aromatic rings. The minimum absolute atomic E-state index is 0.592. The first-order valence-corrected chi connectivity index (χ1v) is 6.39. The van der Waals surface area contributed by atoms with Crippen LogP contribution >= 0.6 is 15.9 Å². The molecule has 0 bridgehead atoms. The monoisotopic (exact) mass is 267 g/mol. The summed E-state index contributed by atoms with van der Waals surface area (Å²) in [7, 11) is 0. The molecule has 2 unspecified atom stereocenters. The van der Waals surface area contributed by atoms with Gasteiger partial charge in [0.2, 0.25) is 0 Å². The molecule has 0 amide bonds. The highest BCUT2D eigenvalue weighted by Crippen LogP contribution is 2.29. The highest BCUT2D eigenvalue weighted by atomic mass is 79.9. The summed E-state index contributed by atoms with van der Waals surface area (Å²) in [5, 5.41) is 3.56. The lowest BCUT2D eigenvalue weighted by molar-refractivity contribution is 0.541.